The highest BCUT2D eigenvalue weighted by molar-refractivity contribution is 5.48. The molecule has 0 aliphatic heterocycles. The minimum Gasteiger partial charge on any atom is -0.490 e. The average Bonchev–Trinajstić information content (AvgIpc) is 3.21. The van der Waals surface area contributed by atoms with E-state index >= 15 is 0 Å². The first-order valence-corrected chi connectivity index (χ1v) is 6.51. The van der Waals surface area contributed by atoms with Crippen LogP contribution in [0.15, 0.2) is 18.2 Å². The zero-order valence-corrected chi connectivity index (χ0v) is 11.5. The first kappa shape index (κ1) is 14.3. The number of nitro benzene ring substituents is 1. The molecule has 2 rings (SSSR count). The van der Waals surface area contributed by atoms with Crippen molar-refractivity contribution in [1.29, 1.82) is 5.26 Å². The lowest BCUT2D eigenvalue weighted by molar-refractivity contribution is -0.385. The Morgan fingerprint density at radius 1 is 1.60 bits per heavy atom. The van der Waals surface area contributed by atoms with Crippen molar-refractivity contribution in [2.45, 2.75) is 38.3 Å². The fraction of sp³-hybridized carbons (Fsp3) is 0.500. The third-order valence-electron chi connectivity index (χ3n) is 3.32. The van der Waals surface area contributed by atoms with E-state index in [-0.39, 0.29) is 12.3 Å². The van der Waals surface area contributed by atoms with E-state index in [1.807, 2.05) is 0 Å². The van der Waals surface area contributed by atoms with Crippen LogP contribution in [0.25, 0.3) is 0 Å². The van der Waals surface area contributed by atoms with E-state index < -0.39 is 10.5 Å². The topological polar surface area (TPSA) is 88.2 Å². The Morgan fingerprint density at radius 3 is 2.85 bits per heavy atom. The molecule has 6 heteroatoms. The fourth-order valence-corrected chi connectivity index (χ4v) is 1.96. The van der Waals surface area contributed by atoms with Crippen LogP contribution in [0.2, 0.25) is 0 Å². The van der Waals surface area contributed by atoms with Crippen LogP contribution in [0.5, 0.6) is 5.75 Å². The van der Waals surface area contributed by atoms with Gasteiger partial charge in [-0.25, -0.2) is 0 Å². The van der Waals surface area contributed by atoms with Gasteiger partial charge < -0.3 is 4.74 Å². The van der Waals surface area contributed by atoms with Crippen molar-refractivity contribution in [2.75, 3.05) is 6.61 Å². The van der Waals surface area contributed by atoms with Gasteiger partial charge in [-0.05, 0) is 32.8 Å². The molecule has 1 unspecified atom stereocenters. The third kappa shape index (κ3) is 3.25. The predicted molar refractivity (Wildman–Crippen MR) is 73.5 cm³/mol. The third-order valence-corrected chi connectivity index (χ3v) is 3.32. The van der Waals surface area contributed by atoms with Gasteiger partial charge >= 0.3 is 0 Å². The maximum absolute atomic E-state index is 10.9. The summed E-state index contributed by atoms with van der Waals surface area (Å²) in [7, 11) is 0. The van der Waals surface area contributed by atoms with Crippen LogP contribution in [-0.4, -0.2) is 23.1 Å². The monoisotopic (exact) mass is 275 g/mol. The van der Waals surface area contributed by atoms with Crippen LogP contribution < -0.4 is 10.1 Å². The number of nitrogens with zero attached hydrogens (tertiary/aromatic N) is 2. The van der Waals surface area contributed by atoms with E-state index in [1.54, 1.807) is 26.0 Å². The number of ether oxygens (including phenoxy) is 1. The summed E-state index contributed by atoms with van der Waals surface area (Å²) in [5.41, 5.74) is -0.279. The molecule has 1 aliphatic rings. The van der Waals surface area contributed by atoms with E-state index in [9.17, 15) is 15.4 Å². The molecule has 0 radical (unpaired) electrons. The Labute approximate surface area is 117 Å². The Morgan fingerprint density at radius 2 is 2.30 bits per heavy atom. The molecule has 0 aromatic heterocycles. The molecule has 0 bridgehead atoms. The summed E-state index contributed by atoms with van der Waals surface area (Å²) < 4.78 is 5.62. The number of hydrogen-bond donors (Lipinski definition) is 1. The van der Waals surface area contributed by atoms with Gasteiger partial charge in [0.2, 0.25) is 0 Å². The highest BCUT2D eigenvalue weighted by Crippen LogP contribution is 2.28. The molecular weight excluding hydrogens is 258 g/mol. The number of hydrogen-bond acceptors (Lipinski definition) is 5. The lowest BCUT2D eigenvalue weighted by Crippen LogP contribution is -2.47. The van der Waals surface area contributed by atoms with Crippen LogP contribution in [0.4, 0.5) is 5.69 Å². The maximum atomic E-state index is 10.9. The molecule has 1 aliphatic carbocycles. The van der Waals surface area contributed by atoms with E-state index in [0.29, 0.717) is 17.4 Å². The lowest BCUT2D eigenvalue weighted by Gasteiger charge is -2.23. The first-order chi connectivity index (χ1) is 9.45. The van der Waals surface area contributed by atoms with Crippen molar-refractivity contribution in [1.82, 2.24) is 5.32 Å². The Hall–Kier alpha value is -2.13. The Kier molecular flexibility index (Phi) is 3.91. The predicted octanol–water partition coefficient (Wildman–Crippen LogP) is 2.32. The van der Waals surface area contributed by atoms with E-state index in [2.05, 4.69) is 11.4 Å². The molecule has 0 amide bonds. The Balaban J connectivity index is 2.08. The zero-order chi connectivity index (χ0) is 14.8. The fourth-order valence-electron chi connectivity index (χ4n) is 1.96. The SMILES string of the molecule is Cc1c(OCC(C)(C#N)NC2CC2)cccc1[N+](=O)[O-]. The number of nitro groups is 1. The summed E-state index contributed by atoms with van der Waals surface area (Å²) in [6.07, 6.45) is 2.15. The van der Waals surface area contributed by atoms with Gasteiger partial charge in [0.15, 0.2) is 0 Å². The molecule has 20 heavy (non-hydrogen) atoms. The molecule has 6 nitrogen and oxygen atoms in total. The van der Waals surface area contributed by atoms with Crippen molar-refractivity contribution >= 4 is 5.69 Å². The van der Waals surface area contributed by atoms with Crippen molar-refractivity contribution in [2.24, 2.45) is 0 Å². The molecule has 0 heterocycles. The molecule has 1 aromatic carbocycles. The summed E-state index contributed by atoms with van der Waals surface area (Å²) in [4.78, 5) is 10.4. The number of nitrogens with one attached hydrogen (secondary N) is 1. The van der Waals surface area contributed by atoms with Gasteiger partial charge in [0.05, 0.1) is 16.6 Å². The van der Waals surface area contributed by atoms with Crippen LogP contribution >= 0.6 is 0 Å². The molecule has 1 aromatic rings. The molecule has 0 saturated heterocycles. The summed E-state index contributed by atoms with van der Waals surface area (Å²) in [6, 6.07) is 7.29. The normalized spacial score (nSPS) is 17.1. The smallest absolute Gasteiger partial charge is 0.276 e. The second-order valence-electron chi connectivity index (χ2n) is 5.31. The highest BCUT2D eigenvalue weighted by Gasteiger charge is 2.33. The second kappa shape index (κ2) is 5.47. The zero-order valence-electron chi connectivity index (χ0n) is 11.5. The second-order valence-corrected chi connectivity index (χ2v) is 5.31. The average molecular weight is 275 g/mol. The first-order valence-electron chi connectivity index (χ1n) is 6.51. The van der Waals surface area contributed by atoms with Crippen molar-refractivity contribution < 1.29 is 9.66 Å². The molecule has 106 valence electrons. The summed E-state index contributed by atoms with van der Waals surface area (Å²) in [6.45, 7) is 3.57. The van der Waals surface area contributed by atoms with E-state index in [4.69, 9.17) is 4.74 Å². The van der Waals surface area contributed by atoms with Gasteiger partial charge in [-0.1, -0.05) is 6.07 Å². The molecular formula is C14H17N3O3. The van der Waals surface area contributed by atoms with Gasteiger partial charge in [-0.2, -0.15) is 5.26 Å². The van der Waals surface area contributed by atoms with Crippen LogP contribution in [-0.2, 0) is 0 Å². The number of nitriles is 1. The largest absolute Gasteiger partial charge is 0.490 e. The quantitative estimate of drug-likeness (QED) is 0.635. The van der Waals surface area contributed by atoms with Gasteiger partial charge in [0, 0.05) is 12.1 Å². The summed E-state index contributed by atoms with van der Waals surface area (Å²) in [5, 5.41) is 23.3. The summed E-state index contributed by atoms with van der Waals surface area (Å²) >= 11 is 0. The van der Waals surface area contributed by atoms with Crippen LogP contribution in [0.3, 0.4) is 0 Å². The molecule has 1 saturated carbocycles. The highest BCUT2D eigenvalue weighted by atomic mass is 16.6. The van der Waals surface area contributed by atoms with Crippen molar-refractivity contribution in [3.8, 4) is 11.8 Å². The van der Waals surface area contributed by atoms with E-state index in [1.165, 1.54) is 6.07 Å². The molecule has 1 atom stereocenters. The van der Waals surface area contributed by atoms with Gasteiger partial charge in [-0.15, -0.1) is 0 Å². The van der Waals surface area contributed by atoms with Crippen LogP contribution in [0.1, 0.15) is 25.3 Å². The number of benzene rings is 1. The molecule has 1 N–H and O–H groups in total. The molecule has 0 spiro atoms. The standard InChI is InChI=1S/C14H17N3O3/c1-10-12(17(18)19)4-3-5-13(10)20-9-14(2,8-15)16-11-6-7-11/h3-5,11,16H,6-7,9H2,1-2H3. The Bertz CT molecular complexity index is 563. The van der Waals surface area contributed by atoms with Gasteiger partial charge in [-0.3, -0.25) is 15.4 Å². The van der Waals surface area contributed by atoms with Crippen LogP contribution in [0, 0.1) is 28.4 Å². The minimum atomic E-state index is -0.780. The van der Waals surface area contributed by atoms with Crippen molar-refractivity contribution in [3.63, 3.8) is 0 Å². The van der Waals surface area contributed by atoms with Gasteiger partial charge in [0.25, 0.3) is 5.69 Å². The maximum Gasteiger partial charge on any atom is 0.276 e. The van der Waals surface area contributed by atoms with E-state index in [0.717, 1.165) is 12.8 Å². The van der Waals surface area contributed by atoms with Gasteiger partial charge in [0.1, 0.15) is 17.9 Å². The summed E-state index contributed by atoms with van der Waals surface area (Å²) in [5.74, 6) is 0.443. The minimum absolute atomic E-state index is 0.0244. The lowest BCUT2D eigenvalue weighted by atomic mass is 10.1. The molecule has 1 fully saturated rings. The number of rotatable bonds is 6. The van der Waals surface area contributed by atoms with Crippen molar-refractivity contribution in [3.05, 3.63) is 33.9 Å².